The van der Waals surface area contributed by atoms with E-state index in [-0.39, 0.29) is 0 Å². The lowest BCUT2D eigenvalue weighted by Crippen LogP contribution is -2.26. The van der Waals surface area contributed by atoms with E-state index in [1.165, 1.54) is 0 Å². The molecular weight excluding hydrogens is 176 g/mol. The molecule has 0 radical (unpaired) electrons. The Hall–Kier alpha value is -0.120. The summed E-state index contributed by atoms with van der Waals surface area (Å²) in [6.07, 6.45) is 0. The van der Waals surface area contributed by atoms with Crippen LogP contribution in [0.15, 0.2) is 0 Å². The van der Waals surface area contributed by atoms with Crippen LogP contribution in [0.5, 0.6) is 0 Å². The maximum atomic E-state index is 7.00. The van der Waals surface area contributed by atoms with Crippen LogP contribution in [0.25, 0.3) is 0 Å². The number of aliphatic hydroxyl groups is 1. The Balaban J connectivity index is -0.0000000708. The fourth-order valence-electron chi connectivity index (χ4n) is 0.461. The van der Waals surface area contributed by atoms with Crippen molar-refractivity contribution in [1.82, 2.24) is 10.2 Å². The monoisotopic (exact) mass is 208 g/mol. The zero-order valence-corrected chi connectivity index (χ0v) is 11.5. The normalized spacial score (nSPS) is 7.29. The summed E-state index contributed by atoms with van der Waals surface area (Å²) < 4.78 is 0. The van der Waals surface area contributed by atoms with Gasteiger partial charge >= 0.3 is 0 Å². The minimum atomic E-state index is 1.00. The maximum Gasteiger partial charge on any atom is 0.0319 e. The van der Waals surface area contributed by atoms with Crippen molar-refractivity contribution >= 4 is 0 Å². The van der Waals surface area contributed by atoms with E-state index >= 15 is 0 Å². The molecule has 0 spiro atoms. The first kappa shape index (κ1) is 23.6. The molecule has 0 heterocycles. The van der Waals surface area contributed by atoms with Gasteiger partial charge in [-0.05, 0) is 20.6 Å². The van der Waals surface area contributed by atoms with E-state index in [0.29, 0.717) is 0 Å². The lowest BCUT2D eigenvalue weighted by Gasteiger charge is -2.11. The van der Waals surface area contributed by atoms with Crippen LogP contribution in [0, 0.1) is 0 Å². The Morgan fingerprint density at radius 3 is 1.64 bits per heavy atom. The maximum absolute atomic E-state index is 7.00. The Kier molecular flexibility index (Phi) is 64.7. The van der Waals surface area contributed by atoms with Crippen molar-refractivity contribution in [3.8, 4) is 0 Å². The molecule has 0 atom stereocenters. The van der Waals surface area contributed by atoms with Gasteiger partial charge in [0.1, 0.15) is 0 Å². The molecule has 0 aliphatic rings. The van der Waals surface area contributed by atoms with E-state index in [1.54, 1.807) is 0 Å². The van der Waals surface area contributed by atoms with Gasteiger partial charge in [0.05, 0.1) is 0 Å². The van der Waals surface area contributed by atoms with Gasteiger partial charge in [-0.1, -0.05) is 34.6 Å². The summed E-state index contributed by atoms with van der Waals surface area (Å²) in [7, 11) is 5.10. The van der Waals surface area contributed by atoms with Crippen molar-refractivity contribution in [2.45, 2.75) is 34.6 Å². The van der Waals surface area contributed by atoms with E-state index in [2.05, 4.69) is 24.2 Å². The highest BCUT2D eigenvalue weighted by Crippen LogP contribution is 1.75. The first-order valence-corrected chi connectivity index (χ1v) is 5.59. The number of nitrogens with one attached hydrogen (secondary N) is 1. The van der Waals surface area contributed by atoms with Crippen molar-refractivity contribution in [1.29, 1.82) is 0 Å². The molecular formula is C11H32N2O. The Labute approximate surface area is 91.5 Å². The van der Waals surface area contributed by atoms with Gasteiger partial charge in [0, 0.05) is 20.2 Å². The number of hydrogen-bond donors (Lipinski definition) is 2. The highest BCUT2D eigenvalue weighted by Gasteiger charge is 1.88. The molecule has 0 aromatic rings. The lowest BCUT2D eigenvalue weighted by molar-refractivity contribution is 0.354. The van der Waals surface area contributed by atoms with Gasteiger partial charge in [-0.25, -0.2) is 0 Å². The van der Waals surface area contributed by atoms with Crippen LogP contribution in [0.4, 0.5) is 0 Å². The topological polar surface area (TPSA) is 35.5 Å². The molecule has 14 heavy (non-hydrogen) atoms. The minimum absolute atomic E-state index is 1.00. The molecule has 0 rings (SSSR count). The fourth-order valence-corrected chi connectivity index (χ4v) is 0.461. The van der Waals surface area contributed by atoms with Gasteiger partial charge < -0.3 is 15.3 Å². The molecule has 0 aromatic heterocycles. The predicted octanol–water partition coefficient (Wildman–Crippen LogP) is 1.82. The van der Waals surface area contributed by atoms with Crippen LogP contribution < -0.4 is 5.32 Å². The molecule has 0 fully saturated rings. The van der Waals surface area contributed by atoms with E-state index in [0.717, 1.165) is 26.7 Å². The molecule has 0 amide bonds. The van der Waals surface area contributed by atoms with Gasteiger partial charge in [-0.2, -0.15) is 0 Å². The number of nitrogens with zero attached hydrogens (tertiary/aromatic N) is 1. The predicted molar refractivity (Wildman–Crippen MR) is 67.9 cm³/mol. The molecule has 0 saturated heterocycles. The van der Waals surface area contributed by atoms with Crippen LogP contribution in [0.3, 0.4) is 0 Å². The van der Waals surface area contributed by atoms with Crippen molar-refractivity contribution < 1.29 is 5.11 Å². The summed E-state index contributed by atoms with van der Waals surface area (Å²) >= 11 is 0. The van der Waals surface area contributed by atoms with E-state index in [9.17, 15) is 0 Å². The summed E-state index contributed by atoms with van der Waals surface area (Å²) in [5.74, 6) is 0. The molecule has 0 aliphatic carbocycles. The summed E-state index contributed by atoms with van der Waals surface area (Å²) in [4.78, 5) is 2.27. The van der Waals surface area contributed by atoms with Crippen LogP contribution in [0.1, 0.15) is 34.6 Å². The number of hydrogen-bond acceptors (Lipinski definition) is 3. The van der Waals surface area contributed by atoms with E-state index < -0.39 is 0 Å². The SMILES string of the molecule is CC.CC.CCN(C)CCNC.CO. The zero-order valence-electron chi connectivity index (χ0n) is 11.5. The number of aliphatic hydroxyl groups excluding tert-OH is 1. The van der Waals surface area contributed by atoms with Crippen LogP contribution >= 0.6 is 0 Å². The van der Waals surface area contributed by atoms with Gasteiger partial charge in [-0.15, -0.1) is 0 Å². The van der Waals surface area contributed by atoms with Crippen molar-refractivity contribution in [3.63, 3.8) is 0 Å². The van der Waals surface area contributed by atoms with Crippen LogP contribution in [-0.4, -0.2) is 50.8 Å². The minimum Gasteiger partial charge on any atom is -0.400 e. The Morgan fingerprint density at radius 1 is 1.07 bits per heavy atom. The summed E-state index contributed by atoms with van der Waals surface area (Å²) in [5.41, 5.74) is 0. The second-order valence-electron chi connectivity index (χ2n) is 2.00. The molecule has 0 unspecified atom stereocenters. The summed E-state index contributed by atoms with van der Waals surface area (Å²) in [6, 6.07) is 0. The molecule has 0 aliphatic heterocycles. The zero-order chi connectivity index (χ0) is 12.4. The number of rotatable bonds is 4. The smallest absolute Gasteiger partial charge is 0.0319 e. The molecule has 92 valence electrons. The molecule has 0 aromatic carbocycles. The molecule has 3 heteroatoms. The lowest BCUT2D eigenvalue weighted by atomic mass is 10.5. The van der Waals surface area contributed by atoms with Gasteiger partial charge in [0.2, 0.25) is 0 Å². The average molecular weight is 208 g/mol. The number of likely N-dealkylation sites (N-methyl/N-ethyl adjacent to an activating group) is 2. The second kappa shape index (κ2) is 38.4. The third-order valence-corrected chi connectivity index (χ3v) is 1.28. The van der Waals surface area contributed by atoms with Crippen LogP contribution in [0.2, 0.25) is 0 Å². The molecule has 0 saturated carbocycles. The molecule has 3 nitrogen and oxygen atoms in total. The highest BCUT2D eigenvalue weighted by molar-refractivity contribution is 4.47. The first-order chi connectivity index (χ1) is 6.81. The van der Waals surface area contributed by atoms with Crippen LogP contribution in [-0.2, 0) is 0 Å². The second-order valence-corrected chi connectivity index (χ2v) is 2.00. The largest absolute Gasteiger partial charge is 0.400 e. The fraction of sp³-hybridized carbons (Fsp3) is 1.00. The van der Waals surface area contributed by atoms with Gasteiger partial charge in [-0.3, -0.25) is 0 Å². The van der Waals surface area contributed by atoms with Gasteiger partial charge in [0.15, 0.2) is 0 Å². The third-order valence-electron chi connectivity index (χ3n) is 1.28. The Morgan fingerprint density at radius 2 is 1.43 bits per heavy atom. The quantitative estimate of drug-likeness (QED) is 0.740. The summed E-state index contributed by atoms with van der Waals surface area (Å²) in [6.45, 7) is 13.5. The van der Waals surface area contributed by atoms with Crippen molar-refractivity contribution in [2.24, 2.45) is 0 Å². The highest BCUT2D eigenvalue weighted by atomic mass is 16.2. The van der Waals surface area contributed by atoms with Crippen molar-refractivity contribution in [3.05, 3.63) is 0 Å². The third kappa shape index (κ3) is 40.7. The van der Waals surface area contributed by atoms with E-state index in [4.69, 9.17) is 5.11 Å². The van der Waals surface area contributed by atoms with Gasteiger partial charge in [0.25, 0.3) is 0 Å². The van der Waals surface area contributed by atoms with Crippen molar-refractivity contribution in [2.75, 3.05) is 40.8 Å². The molecule has 0 bridgehead atoms. The molecule has 2 N–H and O–H groups in total. The Bertz CT molecular complexity index is 52.6. The van der Waals surface area contributed by atoms with E-state index in [1.807, 2.05) is 34.7 Å². The summed E-state index contributed by atoms with van der Waals surface area (Å²) in [5, 5.41) is 10.1. The standard InChI is InChI=1S/C6H16N2.2C2H6.CH4O/c1-4-8(3)6-5-7-2;3*1-2/h7H,4-6H2,1-3H3;2*1-2H3;2H,1H3. The average Bonchev–Trinajstić information content (AvgIpc) is 2.33. The first-order valence-electron chi connectivity index (χ1n) is 5.59.